The molecule has 0 saturated carbocycles. The first-order valence-electron chi connectivity index (χ1n) is 8.05. The van der Waals surface area contributed by atoms with Gasteiger partial charge in [-0.1, -0.05) is 31.9 Å². The van der Waals surface area contributed by atoms with Crippen molar-refractivity contribution in [3.8, 4) is 0 Å². The van der Waals surface area contributed by atoms with Gasteiger partial charge in [-0.05, 0) is 25.7 Å². The van der Waals surface area contributed by atoms with E-state index >= 15 is 0 Å². The molecule has 124 valence electrons. The minimum Gasteiger partial charge on any atom is -0.394 e. The maximum Gasteiger partial charge on any atom is 0.114 e. The topological polar surface area (TPSA) is 79.2 Å². The van der Waals surface area contributed by atoms with Gasteiger partial charge in [0.2, 0.25) is 0 Å². The van der Waals surface area contributed by atoms with Crippen molar-refractivity contribution in [2.24, 2.45) is 0 Å². The van der Waals surface area contributed by atoms with Crippen LogP contribution < -0.4 is 0 Å². The van der Waals surface area contributed by atoms with Gasteiger partial charge in [-0.15, -0.1) is 0 Å². The molecule has 4 atom stereocenters. The lowest BCUT2D eigenvalue weighted by Gasteiger charge is -2.24. The Kier molecular flexibility index (Phi) is 9.87. The molecular formula is C16H30O5. The average molecular weight is 302 g/mol. The molecule has 1 fully saturated rings. The van der Waals surface area contributed by atoms with Crippen LogP contribution in [-0.2, 0) is 9.47 Å². The number of rotatable bonds is 11. The standard InChI is InChI=1S/C16H30O5/c1-2-3-4-5-6-7-8-9-10-20-14(11-17)16-15(19)13(18)12-21-16/h3-4,13-19H,2,5-12H2,1H3/b4-3+/t13-,14+,15-,16-/m1/s1. The van der Waals surface area contributed by atoms with Crippen molar-refractivity contribution in [1.82, 2.24) is 0 Å². The molecule has 1 rings (SSSR count). The van der Waals surface area contributed by atoms with E-state index in [-0.39, 0.29) is 13.2 Å². The summed E-state index contributed by atoms with van der Waals surface area (Å²) in [7, 11) is 0. The van der Waals surface area contributed by atoms with Gasteiger partial charge in [0, 0.05) is 6.61 Å². The summed E-state index contributed by atoms with van der Waals surface area (Å²) in [5.41, 5.74) is 0. The van der Waals surface area contributed by atoms with Crippen LogP contribution in [0.1, 0.15) is 45.4 Å². The molecule has 3 N–H and O–H groups in total. The zero-order valence-corrected chi connectivity index (χ0v) is 13.0. The highest BCUT2D eigenvalue weighted by atomic mass is 16.6. The molecule has 0 spiro atoms. The minimum absolute atomic E-state index is 0.0942. The number of allylic oxidation sites excluding steroid dienone is 2. The number of ether oxygens (including phenoxy) is 2. The summed E-state index contributed by atoms with van der Waals surface area (Å²) < 4.78 is 10.8. The summed E-state index contributed by atoms with van der Waals surface area (Å²) in [5, 5.41) is 28.5. The summed E-state index contributed by atoms with van der Waals surface area (Å²) in [5.74, 6) is 0. The quantitative estimate of drug-likeness (QED) is 0.397. The minimum atomic E-state index is -0.979. The Labute approximate surface area is 127 Å². The Morgan fingerprint density at radius 3 is 2.57 bits per heavy atom. The molecule has 0 unspecified atom stereocenters. The number of aliphatic hydroxyl groups excluding tert-OH is 3. The normalized spacial score (nSPS) is 27.5. The van der Waals surface area contributed by atoms with Gasteiger partial charge in [0.25, 0.3) is 0 Å². The molecule has 21 heavy (non-hydrogen) atoms. The summed E-state index contributed by atoms with van der Waals surface area (Å²) in [4.78, 5) is 0. The smallest absolute Gasteiger partial charge is 0.114 e. The summed E-state index contributed by atoms with van der Waals surface area (Å²) in [6, 6.07) is 0. The number of aliphatic hydroxyl groups is 3. The predicted octanol–water partition coefficient (Wildman–Crippen LogP) is 1.40. The van der Waals surface area contributed by atoms with Gasteiger partial charge in [-0.2, -0.15) is 0 Å². The Hall–Kier alpha value is -0.460. The van der Waals surface area contributed by atoms with Crippen LogP contribution in [0.4, 0.5) is 0 Å². The molecule has 5 heteroatoms. The summed E-state index contributed by atoms with van der Waals surface area (Å²) in [6.07, 6.45) is 7.96. The van der Waals surface area contributed by atoms with E-state index < -0.39 is 24.4 Å². The molecular weight excluding hydrogens is 272 g/mol. The molecule has 0 amide bonds. The molecule has 0 aromatic heterocycles. The third-order valence-electron chi connectivity index (χ3n) is 3.74. The monoisotopic (exact) mass is 302 g/mol. The fourth-order valence-electron chi connectivity index (χ4n) is 2.44. The van der Waals surface area contributed by atoms with E-state index in [1.807, 2.05) is 0 Å². The zero-order chi connectivity index (χ0) is 15.5. The van der Waals surface area contributed by atoms with Gasteiger partial charge < -0.3 is 24.8 Å². The van der Waals surface area contributed by atoms with Crippen LogP contribution in [0.25, 0.3) is 0 Å². The molecule has 1 saturated heterocycles. The van der Waals surface area contributed by atoms with E-state index in [2.05, 4.69) is 19.1 Å². The second kappa shape index (κ2) is 11.2. The highest BCUT2D eigenvalue weighted by Crippen LogP contribution is 2.19. The van der Waals surface area contributed by atoms with E-state index in [4.69, 9.17) is 9.47 Å². The first-order valence-corrected chi connectivity index (χ1v) is 8.05. The maximum atomic E-state index is 9.73. The lowest BCUT2D eigenvalue weighted by Crippen LogP contribution is -2.42. The molecule has 1 heterocycles. The molecule has 0 radical (unpaired) electrons. The lowest BCUT2D eigenvalue weighted by atomic mass is 10.1. The van der Waals surface area contributed by atoms with Crippen molar-refractivity contribution in [3.05, 3.63) is 12.2 Å². The molecule has 0 aliphatic carbocycles. The predicted molar refractivity (Wildman–Crippen MR) is 81.1 cm³/mol. The Morgan fingerprint density at radius 2 is 1.95 bits per heavy atom. The molecule has 1 aliphatic rings. The highest BCUT2D eigenvalue weighted by Gasteiger charge is 2.40. The first-order chi connectivity index (χ1) is 10.2. The first kappa shape index (κ1) is 18.6. The zero-order valence-electron chi connectivity index (χ0n) is 13.0. The fraction of sp³-hybridized carbons (Fsp3) is 0.875. The van der Waals surface area contributed by atoms with E-state index in [0.29, 0.717) is 6.61 Å². The van der Waals surface area contributed by atoms with Crippen molar-refractivity contribution in [2.75, 3.05) is 19.8 Å². The number of unbranched alkanes of at least 4 members (excludes halogenated alkanes) is 4. The largest absolute Gasteiger partial charge is 0.394 e. The van der Waals surface area contributed by atoms with E-state index in [0.717, 1.165) is 25.7 Å². The molecule has 5 nitrogen and oxygen atoms in total. The highest BCUT2D eigenvalue weighted by molar-refractivity contribution is 4.88. The third kappa shape index (κ3) is 6.89. The van der Waals surface area contributed by atoms with Crippen molar-refractivity contribution < 1.29 is 24.8 Å². The van der Waals surface area contributed by atoms with Crippen LogP contribution in [0.2, 0.25) is 0 Å². The van der Waals surface area contributed by atoms with Gasteiger partial charge in [-0.3, -0.25) is 0 Å². The summed E-state index contributed by atoms with van der Waals surface area (Å²) in [6.45, 7) is 2.56. The SMILES string of the molecule is CC/C=C/CCCCCCO[C@@H](CO)[C@H]1OC[C@@H](O)[C@H]1O. The third-order valence-corrected chi connectivity index (χ3v) is 3.74. The van der Waals surface area contributed by atoms with Gasteiger partial charge in [0.05, 0.1) is 13.2 Å². The number of hydrogen-bond donors (Lipinski definition) is 3. The van der Waals surface area contributed by atoms with Crippen molar-refractivity contribution in [3.63, 3.8) is 0 Å². The van der Waals surface area contributed by atoms with Crippen LogP contribution in [0, 0.1) is 0 Å². The van der Waals surface area contributed by atoms with Gasteiger partial charge >= 0.3 is 0 Å². The van der Waals surface area contributed by atoms with Crippen molar-refractivity contribution in [1.29, 1.82) is 0 Å². The fourth-order valence-corrected chi connectivity index (χ4v) is 2.44. The average Bonchev–Trinajstić information content (AvgIpc) is 2.82. The second-order valence-electron chi connectivity index (χ2n) is 5.53. The molecule has 1 aliphatic heterocycles. The van der Waals surface area contributed by atoms with Crippen molar-refractivity contribution in [2.45, 2.75) is 69.9 Å². The van der Waals surface area contributed by atoms with Gasteiger partial charge in [0.15, 0.2) is 0 Å². The Morgan fingerprint density at radius 1 is 1.19 bits per heavy atom. The van der Waals surface area contributed by atoms with Crippen LogP contribution in [0.15, 0.2) is 12.2 Å². The van der Waals surface area contributed by atoms with Gasteiger partial charge in [0.1, 0.15) is 24.4 Å². The van der Waals surface area contributed by atoms with Crippen LogP contribution in [0.3, 0.4) is 0 Å². The van der Waals surface area contributed by atoms with Crippen LogP contribution in [-0.4, -0.2) is 59.6 Å². The molecule has 0 bridgehead atoms. The van der Waals surface area contributed by atoms with E-state index in [1.165, 1.54) is 12.8 Å². The van der Waals surface area contributed by atoms with Crippen LogP contribution in [0.5, 0.6) is 0 Å². The maximum absolute atomic E-state index is 9.73. The Balaban J connectivity index is 2.06. The van der Waals surface area contributed by atoms with Crippen molar-refractivity contribution >= 4 is 0 Å². The van der Waals surface area contributed by atoms with E-state index in [9.17, 15) is 15.3 Å². The lowest BCUT2D eigenvalue weighted by molar-refractivity contribution is -0.101. The molecule has 0 aromatic rings. The van der Waals surface area contributed by atoms with E-state index in [1.54, 1.807) is 0 Å². The van der Waals surface area contributed by atoms with Gasteiger partial charge in [-0.25, -0.2) is 0 Å². The number of hydrogen-bond acceptors (Lipinski definition) is 5. The Bertz CT molecular complexity index is 282. The van der Waals surface area contributed by atoms with Crippen LogP contribution >= 0.6 is 0 Å². The summed E-state index contributed by atoms with van der Waals surface area (Å²) >= 11 is 0. The molecule has 0 aromatic carbocycles. The second-order valence-corrected chi connectivity index (χ2v) is 5.53.